The standard InChI is InChI=1S/C22H19NO6/c1-12-14(8-9-27-12)22(25)28-13(2)21(24)23-17-11-19-16(10-20(17)26-3)15-6-4-5-7-18(15)29-19/h4-11,13H,1-3H3,(H,23,24)/t13-/m0/s1. The van der Waals surface area contributed by atoms with Crippen LogP contribution in [0.4, 0.5) is 5.69 Å². The number of anilines is 1. The molecule has 29 heavy (non-hydrogen) atoms. The van der Waals surface area contributed by atoms with Crippen molar-refractivity contribution in [2.75, 3.05) is 12.4 Å². The summed E-state index contributed by atoms with van der Waals surface area (Å²) in [6, 6.07) is 12.7. The summed E-state index contributed by atoms with van der Waals surface area (Å²) in [5, 5.41) is 4.57. The number of amides is 1. The van der Waals surface area contributed by atoms with Gasteiger partial charge >= 0.3 is 5.97 Å². The number of aryl methyl sites for hydroxylation is 1. The number of para-hydroxylation sites is 1. The molecule has 0 saturated heterocycles. The first-order valence-electron chi connectivity index (χ1n) is 9.03. The number of hydrogen-bond acceptors (Lipinski definition) is 6. The van der Waals surface area contributed by atoms with Gasteiger partial charge in [0.05, 0.1) is 19.1 Å². The molecule has 0 aliphatic heterocycles. The Morgan fingerprint density at radius 1 is 1.07 bits per heavy atom. The van der Waals surface area contributed by atoms with E-state index in [2.05, 4.69) is 5.32 Å². The number of fused-ring (bicyclic) bond motifs is 3. The van der Waals surface area contributed by atoms with Crippen molar-refractivity contribution in [3.8, 4) is 5.75 Å². The van der Waals surface area contributed by atoms with Gasteiger partial charge in [-0.25, -0.2) is 4.79 Å². The van der Waals surface area contributed by atoms with Crippen molar-refractivity contribution in [1.82, 2.24) is 0 Å². The van der Waals surface area contributed by atoms with Crippen LogP contribution in [-0.2, 0) is 9.53 Å². The zero-order valence-electron chi connectivity index (χ0n) is 16.1. The number of carbonyl (C=O) groups excluding carboxylic acids is 2. The van der Waals surface area contributed by atoms with Crippen LogP contribution in [0.5, 0.6) is 5.75 Å². The number of nitrogens with one attached hydrogen (secondary N) is 1. The van der Waals surface area contributed by atoms with E-state index in [1.165, 1.54) is 26.4 Å². The molecule has 7 heteroatoms. The first-order valence-corrected chi connectivity index (χ1v) is 9.03. The number of esters is 1. The molecule has 0 saturated carbocycles. The summed E-state index contributed by atoms with van der Waals surface area (Å²) in [7, 11) is 1.52. The maximum absolute atomic E-state index is 12.6. The molecule has 1 atom stereocenters. The quantitative estimate of drug-likeness (QED) is 0.495. The lowest BCUT2D eigenvalue weighted by Crippen LogP contribution is -2.30. The van der Waals surface area contributed by atoms with Gasteiger partial charge in [0.25, 0.3) is 5.91 Å². The van der Waals surface area contributed by atoms with Crippen LogP contribution >= 0.6 is 0 Å². The minimum absolute atomic E-state index is 0.283. The third-order valence-corrected chi connectivity index (χ3v) is 4.69. The second kappa shape index (κ2) is 7.35. The minimum Gasteiger partial charge on any atom is -0.495 e. The molecule has 1 N–H and O–H groups in total. The van der Waals surface area contributed by atoms with E-state index in [0.717, 1.165) is 16.4 Å². The van der Waals surface area contributed by atoms with Gasteiger partial charge in [0.15, 0.2) is 6.10 Å². The van der Waals surface area contributed by atoms with E-state index in [0.29, 0.717) is 22.8 Å². The smallest absolute Gasteiger partial charge is 0.342 e. The van der Waals surface area contributed by atoms with Gasteiger partial charge in [-0.2, -0.15) is 0 Å². The van der Waals surface area contributed by atoms with Crippen LogP contribution in [0, 0.1) is 6.92 Å². The van der Waals surface area contributed by atoms with E-state index in [1.54, 1.807) is 13.0 Å². The maximum Gasteiger partial charge on any atom is 0.342 e. The second-order valence-electron chi connectivity index (χ2n) is 6.57. The zero-order valence-corrected chi connectivity index (χ0v) is 16.1. The molecule has 4 aromatic rings. The van der Waals surface area contributed by atoms with Crippen molar-refractivity contribution in [3.05, 3.63) is 60.1 Å². The highest BCUT2D eigenvalue weighted by atomic mass is 16.5. The molecule has 2 aromatic heterocycles. The predicted octanol–water partition coefficient (Wildman–Crippen LogP) is 4.68. The maximum atomic E-state index is 12.6. The molecule has 0 aliphatic carbocycles. The first-order chi connectivity index (χ1) is 14.0. The Hall–Kier alpha value is -3.74. The lowest BCUT2D eigenvalue weighted by Gasteiger charge is -2.15. The lowest BCUT2D eigenvalue weighted by atomic mass is 10.1. The molecule has 0 bridgehead atoms. The fraction of sp³-hybridized carbons (Fsp3) is 0.182. The number of furan rings is 2. The average Bonchev–Trinajstić information content (AvgIpc) is 3.30. The van der Waals surface area contributed by atoms with Crippen molar-refractivity contribution >= 4 is 39.5 Å². The Balaban J connectivity index is 1.57. The molecular formula is C22H19NO6. The average molecular weight is 393 g/mol. The van der Waals surface area contributed by atoms with Gasteiger partial charge in [-0.1, -0.05) is 18.2 Å². The van der Waals surface area contributed by atoms with Gasteiger partial charge in [-0.3, -0.25) is 4.79 Å². The van der Waals surface area contributed by atoms with Crippen molar-refractivity contribution in [1.29, 1.82) is 0 Å². The molecule has 0 radical (unpaired) electrons. The summed E-state index contributed by atoms with van der Waals surface area (Å²) in [5.41, 5.74) is 2.06. The van der Waals surface area contributed by atoms with Gasteiger partial charge in [0, 0.05) is 16.8 Å². The summed E-state index contributed by atoms with van der Waals surface area (Å²) in [5.74, 6) is -0.215. The van der Waals surface area contributed by atoms with Crippen LogP contribution in [0.25, 0.3) is 21.9 Å². The molecule has 0 unspecified atom stereocenters. The van der Waals surface area contributed by atoms with E-state index in [-0.39, 0.29) is 5.56 Å². The molecule has 7 nitrogen and oxygen atoms in total. The number of hydrogen-bond donors (Lipinski definition) is 1. The highest BCUT2D eigenvalue weighted by Gasteiger charge is 2.23. The summed E-state index contributed by atoms with van der Waals surface area (Å²) in [6.45, 7) is 3.14. The molecule has 2 heterocycles. The molecule has 0 fully saturated rings. The van der Waals surface area contributed by atoms with Gasteiger partial charge < -0.3 is 23.6 Å². The minimum atomic E-state index is -1.02. The SMILES string of the molecule is COc1cc2c(cc1NC(=O)[C@H](C)OC(=O)c1ccoc1C)oc1ccccc12. The van der Waals surface area contributed by atoms with Crippen LogP contribution < -0.4 is 10.1 Å². The zero-order chi connectivity index (χ0) is 20.5. The fourth-order valence-electron chi connectivity index (χ4n) is 3.13. The third-order valence-electron chi connectivity index (χ3n) is 4.69. The largest absolute Gasteiger partial charge is 0.495 e. The Bertz CT molecular complexity index is 1220. The lowest BCUT2D eigenvalue weighted by molar-refractivity contribution is -0.123. The Kier molecular flexibility index (Phi) is 4.72. The summed E-state index contributed by atoms with van der Waals surface area (Å²) >= 11 is 0. The topological polar surface area (TPSA) is 90.9 Å². The fourth-order valence-corrected chi connectivity index (χ4v) is 3.13. The van der Waals surface area contributed by atoms with E-state index in [4.69, 9.17) is 18.3 Å². The van der Waals surface area contributed by atoms with Crippen molar-refractivity contribution < 1.29 is 27.9 Å². The Morgan fingerprint density at radius 2 is 1.86 bits per heavy atom. The second-order valence-corrected chi connectivity index (χ2v) is 6.57. The van der Waals surface area contributed by atoms with Crippen LogP contribution in [0.3, 0.4) is 0 Å². The highest BCUT2D eigenvalue weighted by molar-refractivity contribution is 6.08. The molecule has 0 spiro atoms. The van der Waals surface area contributed by atoms with Gasteiger partial charge in [-0.15, -0.1) is 0 Å². The molecule has 148 valence electrons. The van der Waals surface area contributed by atoms with Crippen molar-refractivity contribution in [3.63, 3.8) is 0 Å². The van der Waals surface area contributed by atoms with E-state index >= 15 is 0 Å². The number of methoxy groups -OCH3 is 1. The molecule has 0 aliphatic rings. The highest BCUT2D eigenvalue weighted by Crippen LogP contribution is 2.36. The number of rotatable bonds is 5. The third kappa shape index (κ3) is 3.42. The Labute approximate surface area is 166 Å². The van der Waals surface area contributed by atoms with Crippen LogP contribution in [0.15, 0.2) is 57.6 Å². The van der Waals surface area contributed by atoms with Crippen molar-refractivity contribution in [2.45, 2.75) is 20.0 Å². The normalized spacial score (nSPS) is 12.1. The molecule has 4 rings (SSSR count). The Morgan fingerprint density at radius 3 is 2.59 bits per heavy atom. The van der Waals surface area contributed by atoms with Crippen LogP contribution in [0.1, 0.15) is 23.0 Å². The van der Waals surface area contributed by atoms with Crippen LogP contribution in [-0.4, -0.2) is 25.1 Å². The van der Waals surface area contributed by atoms with E-state index < -0.39 is 18.0 Å². The summed E-state index contributed by atoms with van der Waals surface area (Å²) in [6.07, 6.45) is 0.372. The first kappa shape index (κ1) is 18.6. The molecular weight excluding hydrogens is 374 g/mol. The van der Waals surface area contributed by atoms with E-state index in [9.17, 15) is 9.59 Å². The van der Waals surface area contributed by atoms with Gasteiger partial charge in [0.2, 0.25) is 0 Å². The monoisotopic (exact) mass is 393 g/mol. The van der Waals surface area contributed by atoms with Crippen LogP contribution in [0.2, 0.25) is 0 Å². The number of carbonyl (C=O) groups is 2. The number of benzene rings is 2. The predicted molar refractivity (Wildman–Crippen MR) is 107 cm³/mol. The van der Waals surface area contributed by atoms with Gasteiger partial charge in [-0.05, 0) is 32.0 Å². The summed E-state index contributed by atoms with van der Waals surface area (Å²) in [4.78, 5) is 24.8. The molecule has 1 amide bonds. The number of ether oxygens (including phenoxy) is 2. The summed E-state index contributed by atoms with van der Waals surface area (Å²) < 4.78 is 21.6. The molecule has 2 aromatic carbocycles. The van der Waals surface area contributed by atoms with Crippen molar-refractivity contribution in [2.24, 2.45) is 0 Å². The van der Waals surface area contributed by atoms with Gasteiger partial charge in [0.1, 0.15) is 28.2 Å². The van der Waals surface area contributed by atoms with E-state index in [1.807, 2.05) is 30.3 Å².